The van der Waals surface area contributed by atoms with E-state index in [1.54, 1.807) is 12.1 Å². The number of nitrogens with zero attached hydrogens (tertiary/aromatic N) is 2. The van der Waals surface area contributed by atoms with Crippen LogP contribution < -0.4 is 5.32 Å². The van der Waals surface area contributed by atoms with Gasteiger partial charge in [-0.15, -0.1) is 0 Å². The Kier molecular flexibility index (Phi) is 7.84. The van der Waals surface area contributed by atoms with E-state index in [-0.39, 0.29) is 23.8 Å². The van der Waals surface area contributed by atoms with Crippen LogP contribution in [0.2, 0.25) is 0 Å². The normalized spacial score (nSPS) is 19.9. The van der Waals surface area contributed by atoms with E-state index < -0.39 is 0 Å². The van der Waals surface area contributed by atoms with Gasteiger partial charge in [0.25, 0.3) is 0 Å². The Hall–Kier alpha value is -2.64. The molecule has 0 radical (unpaired) electrons. The SMILES string of the molecule is Fc1ccc(CC2Cc3cc(F)ccc3CN2CCNC(c2ccccc2)N2CCOCC2)cc1. The number of ether oxygens (including phenoxy) is 1. The molecule has 2 unspecified atom stereocenters. The van der Waals surface area contributed by atoms with E-state index in [9.17, 15) is 8.78 Å². The molecule has 0 spiro atoms. The maximum Gasteiger partial charge on any atom is 0.123 e. The summed E-state index contributed by atoms with van der Waals surface area (Å²) in [6, 6.07) is 22.7. The van der Waals surface area contributed by atoms with Crippen molar-refractivity contribution in [3.8, 4) is 0 Å². The maximum atomic E-state index is 13.9. The number of halogens is 2. The molecule has 1 N–H and O–H groups in total. The Morgan fingerprint density at radius 1 is 0.886 bits per heavy atom. The van der Waals surface area contributed by atoms with Crippen molar-refractivity contribution in [2.45, 2.75) is 31.6 Å². The fourth-order valence-corrected chi connectivity index (χ4v) is 5.30. The van der Waals surface area contributed by atoms with Crippen LogP contribution in [0.4, 0.5) is 8.78 Å². The molecular weight excluding hydrogens is 444 g/mol. The highest BCUT2D eigenvalue weighted by molar-refractivity contribution is 5.32. The highest BCUT2D eigenvalue weighted by Crippen LogP contribution is 2.27. The fraction of sp³-hybridized carbons (Fsp3) is 0.379. The average molecular weight is 478 g/mol. The smallest absolute Gasteiger partial charge is 0.123 e. The second-order valence-electron chi connectivity index (χ2n) is 9.49. The van der Waals surface area contributed by atoms with E-state index in [0.717, 1.165) is 69.9 Å². The van der Waals surface area contributed by atoms with Crippen molar-refractivity contribution in [1.29, 1.82) is 0 Å². The third-order valence-electron chi connectivity index (χ3n) is 7.16. The fourth-order valence-electron chi connectivity index (χ4n) is 5.30. The first-order chi connectivity index (χ1) is 17.2. The Morgan fingerprint density at radius 2 is 1.63 bits per heavy atom. The minimum atomic E-state index is -0.221. The molecule has 2 atom stereocenters. The van der Waals surface area contributed by atoms with E-state index in [4.69, 9.17) is 4.74 Å². The molecule has 1 fully saturated rings. The molecule has 184 valence electrons. The lowest BCUT2D eigenvalue weighted by Crippen LogP contribution is -2.48. The largest absolute Gasteiger partial charge is 0.379 e. The monoisotopic (exact) mass is 477 g/mol. The van der Waals surface area contributed by atoms with Crippen LogP contribution in [0.3, 0.4) is 0 Å². The first kappa shape index (κ1) is 24.1. The van der Waals surface area contributed by atoms with Gasteiger partial charge in [0.1, 0.15) is 11.6 Å². The number of rotatable bonds is 8. The molecule has 6 heteroatoms. The molecule has 4 nitrogen and oxygen atoms in total. The van der Waals surface area contributed by atoms with Crippen LogP contribution in [0, 0.1) is 11.6 Å². The number of morpholine rings is 1. The van der Waals surface area contributed by atoms with Gasteiger partial charge in [0.05, 0.1) is 19.4 Å². The van der Waals surface area contributed by atoms with Crippen molar-refractivity contribution in [3.05, 3.63) is 107 Å². The predicted octanol–water partition coefficient (Wildman–Crippen LogP) is 4.55. The maximum absolute atomic E-state index is 13.9. The summed E-state index contributed by atoms with van der Waals surface area (Å²) in [5.74, 6) is -0.406. The van der Waals surface area contributed by atoms with Crippen molar-refractivity contribution in [3.63, 3.8) is 0 Å². The molecular formula is C29H33F2N3O. The summed E-state index contributed by atoms with van der Waals surface area (Å²) < 4.78 is 33.0. The topological polar surface area (TPSA) is 27.7 Å². The van der Waals surface area contributed by atoms with Crippen LogP contribution in [-0.2, 0) is 24.1 Å². The zero-order valence-electron chi connectivity index (χ0n) is 20.0. The van der Waals surface area contributed by atoms with Gasteiger partial charge in [-0.05, 0) is 59.4 Å². The molecule has 5 rings (SSSR count). The number of benzene rings is 3. The summed E-state index contributed by atoms with van der Waals surface area (Å²) in [6.45, 7) is 5.81. The van der Waals surface area contributed by atoms with Gasteiger partial charge in [-0.1, -0.05) is 48.5 Å². The van der Waals surface area contributed by atoms with Gasteiger partial charge in [0, 0.05) is 38.8 Å². The molecule has 0 aliphatic carbocycles. The van der Waals surface area contributed by atoms with Crippen LogP contribution >= 0.6 is 0 Å². The third-order valence-corrected chi connectivity index (χ3v) is 7.16. The average Bonchev–Trinajstić information content (AvgIpc) is 2.89. The Morgan fingerprint density at radius 3 is 2.40 bits per heavy atom. The highest BCUT2D eigenvalue weighted by Gasteiger charge is 2.27. The third kappa shape index (κ3) is 6.14. The lowest BCUT2D eigenvalue weighted by molar-refractivity contribution is 0.00720. The summed E-state index contributed by atoms with van der Waals surface area (Å²) in [7, 11) is 0. The molecule has 0 aromatic heterocycles. The van der Waals surface area contributed by atoms with Crippen LogP contribution in [0.1, 0.15) is 28.4 Å². The lowest BCUT2D eigenvalue weighted by Gasteiger charge is -2.39. The highest BCUT2D eigenvalue weighted by atomic mass is 19.1. The van der Waals surface area contributed by atoms with Crippen molar-refractivity contribution in [2.24, 2.45) is 0 Å². The number of hydrogen-bond donors (Lipinski definition) is 1. The van der Waals surface area contributed by atoms with Gasteiger partial charge in [-0.3, -0.25) is 15.1 Å². The Labute approximate surface area is 206 Å². The number of hydrogen-bond acceptors (Lipinski definition) is 4. The van der Waals surface area contributed by atoms with E-state index in [2.05, 4.69) is 39.4 Å². The zero-order valence-corrected chi connectivity index (χ0v) is 20.0. The molecule has 1 saturated heterocycles. The summed E-state index contributed by atoms with van der Waals surface area (Å²) in [4.78, 5) is 4.93. The summed E-state index contributed by atoms with van der Waals surface area (Å²) in [5.41, 5.74) is 4.63. The van der Waals surface area contributed by atoms with Crippen LogP contribution in [-0.4, -0.2) is 55.2 Å². The van der Waals surface area contributed by atoms with Gasteiger partial charge in [-0.2, -0.15) is 0 Å². The van der Waals surface area contributed by atoms with Gasteiger partial charge in [0.15, 0.2) is 0 Å². The quantitative estimate of drug-likeness (QED) is 0.515. The predicted molar refractivity (Wildman–Crippen MR) is 134 cm³/mol. The number of fused-ring (bicyclic) bond motifs is 1. The molecule has 2 heterocycles. The van der Waals surface area contributed by atoms with Gasteiger partial charge in [0.2, 0.25) is 0 Å². The molecule has 0 saturated carbocycles. The molecule has 0 amide bonds. The van der Waals surface area contributed by atoms with Crippen molar-refractivity contribution < 1.29 is 13.5 Å². The van der Waals surface area contributed by atoms with Gasteiger partial charge in [-0.25, -0.2) is 8.78 Å². The van der Waals surface area contributed by atoms with Crippen LogP contribution in [0.5, 0.6) is 0 Å². The second-order valence-corrected chi connectivity index (χ2v) is 9.49. The summed E-state index contributed by atoms with van der Waals surface area (Å²) >= 11 is 0. The zero-order chi connectivity index (χ0) is 24.0. The molecule has 0 bridgehead atoms. The van der Waals surface area contributed by atoms with E-state index in [1.807, 2.05) is 24.3 Å². The minimum Gasteiger partial charge on any atom is -0.379 e. The second kappa shape index (κ2) is 11.4. The first-order valence-electron chi connectivity index (χ1n) is 12.5. The van der Waals surface area contributed by atoms with Crippen LogP contribution in [0.25, 0.3) is 0 Å². The Balaban J connectivity index is 1.30. The van der Waals surface area contributed by atoms with Crippen molar-refractivity contribution >= 4 is 0 Å². The summed E-state index contributed by atoms with van der Waals surface area (Å²) in [6.07, 6.45) is 1.74. The molecule has 2 aliphatic rings. The Bertz CT molecular complexity index is 1090. The van der Waals surface area contributed by atoms with Crippen molar-refractivity contribution in [2.75, 3.05) is 39.4 Å². The van der Waals surface area contributed by atoms with E-state index in [0.29, 0.717) is 0 Å². The minimum absolute atomic E-state index is 0.141. The molecule has 35 heavy (non-hydrogen) atoms. The van der Waals surface area contributed by atoms with Crippen molar-refractivity contribution in [1.82, 2.24) is 15.1 Å². The first-order valence-corrected chi connectivity index (χ1v) is 12.5. The van der Waals surface area contributed by atoms with E-state index in [1.165, 1.54) is 23.3 Å². The summed E-state index contributed by atoms with van der Waals surface area (Å²) in [5, 5.41) is 3.80. The van der Waals surface area contributed by atoms with E-state index >= 15 is 0 Å². The lowest BCUT2D eigenvalue weighted by atomic mass is 9.90. The molecule has 3 aromatic rings. The molecule has 2 aliphatic heterocycles. The van der Waals surface area contributed by atoms with Crippen LogP contribution in [0.15, 0.2) is 72.8 Å². The molecule has 3 aromatic carbocycles. The standard InChI is InChI=1S/C29H33F2N3O/c30-26-9-6-22(7-10-26)18-28-20-25-19-27(31)11-8-24(25)21-34(28)13-12-32-29(23-4-2-1-3-5-23)33-14-16-35-17-15-33/h1-11,19,28-29,32H,12-18,20-21H2. The number of nitrogens with one attached hydrogen (secondary N) is 1. The van der Waals surface area contributed by atoms with Gasteiger partial charge >= 0.3 is 0 Å². The van der Waals surface area contributed by atoms with Gasteiger partial charge < -0.3 is 4.74 Å².